The molecule has 138 valence electrons. The van der Waals surface area contributed by atoms with Crippen LogP contribution in [0.2, 0.25) is 5.02 Å². The number of carbonyl (C=O) groups excluding carboxylic acids is 1. The topological polar surface area (TPSA) is 92.4 Å². The van der Waals surface area contributed by atoms with Crippen molar-refractivity contribution in [2.75, 3.05) is 5.75 Å². The lowest BCUT2D eigenvalue weighted by atomic mass is 10.2. The number of hydrogen-bond donors (Lipinski definition) is 2. The zero-order valence-corrected chi connectivity index (χ0v) is 15.9. The standard InChI is InChI=1S/C18H16ClN5O2S/c1-24-17(13-5-3-6-14(19)9-13)22-23-18(24)27-11-16(26)21-20-10-12-4-2-7-15(25)8-12/h2-10,25H,11H2,1H3,(H,21,26)/b20-10-. The van der Waals surface area contributed by atoms with E-state index in [1.54, 1.807) is 34.9 Å². The van der Waals surface area contributed by atoms with E-state index in [0.717, 1.165) is 5.56 Å². The molecule has 3 aromatic rings. The molecule has 1 amide bonds. The van der Waals surface area contributed by atoms with Gasteiger partial charge in [-0.2, -0.15) is 5.10 Å². The second kappa shape index (κ2) is 8.70. The van der Waals surface area contributed by atoms with Crippen molar-refractivity contribution >= 4 is 35.5 Å². The lowest BCUT2D eigenvalue weighted by Gasteiger charge is -2.04. The third kappa shape index (κ3) is 5.08. The largest absolute Gasteiger partial charge is 0.508 e. The van der Waals surface area contributed by atoms with Crippen LogP contribution in [0.1, 0.15) is 5.56 Å². The molecule has 0 fully saturated rings. The SMILES string of the molecule is Cn1c(SCC(=O)N/N=C\c2cccc(O)c2)nnc1-c1cccc(Cl)c1. The van der Waals surface area contributed by atoms with Crippen LogP contribution in [0.15, 0.2) is 58.8 Å². The molecule has 0 bridgehead atoms. The smallest absolute Gasteiger partial charge is 0.250 e. The number of benzene rings is 2. The first kappa shape index (κ1) is 18.9. The summed E-state index contributed by atoms with van der Waals surface area (Å²) in [5.74, 6) is 0.670. The summed E-state index contributed by atoms with van der Waals surface area (Å²) in [6.07, 6.45) is 1.46. The van der Waals surface area contributed by atoms with Crippen molar-refractivity contribution in [2.45, 2.75) is 5.16 Å². The molecule has 0 aliphatic carbocycles. The van der Waals surface area contributed by atoms with Gasteiger partial charge < -0.3 is 9.67 Å². The van der Waals surface area contributed by atoms with Crippen molar-refractivity contribution in [1.82, 2.24) is 20.2 Å². The summed E-state index contributed by atoms with van der Waals surface area (Å²) in [4.78, 5) is 11.9. The van der Waals surface area contributed by atoms with Gasteiger partial charge in [-0.25, -0.2) is 5.43 Å². The molecular weight excluding hydrogens is 386 g/mol. The Morgan fingerprint density at radius 2 is 2.11 bits per heavy atom. The molecule has 0 saturated heterocycles. The number of phenolic OH excluding ortho intramolecular Hbond substituents is 1. The number of aromatic hydroxyl groups is 1. The Morgan fingerprint density at radius 1 is 1.30 bits per heavy atom. The molecule has 27 heavy (non-hydrogen) atoms. The fourth-order valence-corrected chi connectivity index (χ4v) is 3.16. The fraction of sp³-hybridized carbons (Fsp3) is 0.111. The van der Waals surface area contributed by atoms with E-state index in [2.05, 4.69) is 20.7 Å². The first-order chi connectivity index (χ1) is 13.0. The summed E-state index contributed by atoms with van der Waals surface area (Å²) in [6, 6.07) is 13.9. The highest BCUT2D eigenvalue weighted by atomic mass is 35.5. The van der Waals surface area contributed by atoms with Crippen LogP contribution in [-0.4, -0.2) is 37.7 Å². The second-order valence-electron chi connectivity index (χ2n) is 5.55. The maximum atomic E-state index is 11.9. The highest BCUT2D eigenvalue weighted by molar-refractivity contribution is 7.99. The van der Waals surface area contributed by atoms with Crippen LogP contribution in [0.3, 0.4) is 0 Å². The van der Waals surface area contributed by atoms with E-state index < -0.39 is 0 Å². The van der Waals surface area contributed by atoms with E-state index in [4.69, 9.17) is 11.6 Å². The number of nitrogens with one attached hydrogen (secondary N) is 1. The maximum absolute atomic E-state index is 11.9. The molecule has 0 aliphatic heterocycles. The predicted octanol–water partition coefficient (Wildman–Crippen LogP) is 3.08. The van der Waals surface area contributed by atoms with Gasteiger partial charge >= 0.3 is 0 Å². The molecular formula is C18H16ClN5O2S. The summed E-state index contributed by atoms with van der Waals surface area (Å²) in [5.41, 5.74) is 3.97. The molecule has 7 nitrogen and oxygen atoms in total. The molecule has 0 saturated carbocycles. The van der Waals surface area contributed by atoms with Gasteiger partial charge in [-0.3, -0.25) is 4.79 Å². The van der Waals surface area contributed by atoms with Gasteiger partial charge in [0.1, 0.15) is 5.75 Å². The number of nitrogens with zero attached hydrogens (tertiary/aromatic N) is 4. The van der Waals surface area contributed by atoms with Gasteiger partial charge in [-0.15, -0.1) is 10.2 Å². The van der Waals surface area contributed by atoms with E-state index in [9.17, 15) is 9.90 Å². The normalized spacial score (nSPS) is 11.0. The molecule has 3 rings (SSSR count). The Labute approximate surface area is 165 Å². The first-order valence-electron chi connectivity index (χ1n) is 7.92. The van der Waals surface area contributed by atoms with E-state index in [1.165, 1.54) is 18.0 Å². The van der Waals surface area contributed by atoms with Crippen molar-refractivity contribution in [1.29, 1.82) is 0 Å². The van der Waals surface area contributed by atoms with Crippen molar-refractivity contribution < 1.29 is 9.90 Å². The average molecular weight is 402 g/mol. The molecule has 1 heterocycles. The summed E-state index contributed by atoms with van der Waals surface area (Å²) >= 11 is 7.27. The molecule has 9 heteroatoms. The van der Waals surface area contributed by atoms with E-state index in [0.29, 0.717) is 21.6 Å². The molecule has 2 N–H and O–H groups in total. The Kier molecular flexibility index (Phi) is 6.10. The monoisotopic (exact) mass is 401 g/mol. The van der Waals surface area contributed by atoms with Crippen LogP contribution in [0.5, 0.6) is 5.75 Å². The second-order valence-corrected chi connectivity index (χ2v) is 6.93. The third-order valence-electron chi connectivity index (χ3n) is 3.52. The van der Waals surface area contributed by atoms with Crippen molar-refractivity contribution in [3.8, 4) is 17.1 Å². The van der Waals surface area contributed by atoms with Gasteiger partial charge in [0.15, 0.2) is 11.0 Å². The third-order valence-corrected chi connectivity index (χ3v) is 4.78. The minimum Gasteiger partial charge on any atom is -0.508 e. The number of amides is 1. The van der Waals surface area contributed by atoms with Crippen molar-refractivity contribution in [3.63, 3.8) is 0 Å². The first-order valence-corrected chi connectivity index (χ1v) is 9.28. The van der Waals surface area contributed by atoms with Crippen LogP contribution >= 0.6 is 23.4 Å². The number of hydrogen-bond acceptors (Lipinski definition) is 6. The zero-order chi connectivity index (χ0) is 19.2. The number of hydrazone groups is 1. The lowest BCUT2D eigenvalue weighted by Crippen LogP contribution is -2.19. The number of phenols is 1. The fourth-order valence-electron chi connectivity index (χ4n) is 2.27. The summed E-state index contributed by atoms with van der Waals surface area (Å²) in [5, 5.41) is 22.8. The summed E-state index contributed by atoms with van der Waals surface area (Å²) < 4.78 is 1.81. The predicted molar refractivity (Wildman–Crippen MR) is 106 cm³/mol. The van der Waals surface area contributed by atoms with Gasteiger partial charge in [0, 0.05) is 17.6 Å². The number of thioether (sulfide) groups is 1. The average Bonchev–Trinajstić information content (AvgIpc) is 3.01. The van der Waals surface area contributed by atoms with E-state index in [1.807, 2.05) is 25.2 Å². The minimum absolute atomic E-state index is 0.138. The molecule has 1 aromatic heterocycles. The van der Waals surface area contributed by atoms with Gasteiger partial charge in [0.2, 0.25) is 0 Å². The molecule has 0 aliphatic rings. The van der Waals surface area contributed by atoms with Crippen LogP contribution < -0.4 is 5.43 Å². The summed E-state index contributed by atoms with van der Waals surface area (Å²) in [6.45, 7) is 0. The van der Waals surface area contributed by atoms with E-state index >= 15 is 0 Å². The Hall–Kier alpha value is -2.84. The van der Waals surface area contributed by atoms with Gasteiger partial charge in [0.05, 0.1) is 12.0 Å². The number of halogens is 1. The number of aromatic nitrogens is 3. The number of carbonyl (C=O) groups is 1. The van der Waals surface area contributed by atoms with Crippen LogP contribution in [0.4, 0.5) is 0 Å². The Morgan fingerprint density at radius 3 is 2.89 bits per heavy atom. The molecule has 0 atom stereocenters. The Balaban J connectivity index is 1.56. The van der Waals surface area contributed by atoms with Crippen LogP contribution in [-0.2, 0) is 11.8 Å². The molecule has 0 spiro atoms. The molecule has 2 aromatic carbocycles. The van der Waals surface area contributed by atoms with Crippen molar-refractivity contribution in [2.24, 2.45) is 12.1 Å². The lowest BCUT2D eigenvalue weighted by molar-refractivity contribution is -0.118. The highest BCUT2D eigenvalue weighted by Gasteiger charge is 2.13. The Bertz CT molecular complexity index is 989. The quantitative estimate of drug-likeness (QED) is 0.376. The van der Waals surface area contributed by atoms with Crippen molar-refractivity contribution in [3.05, 3.63) is 59.1 Å². The van der Waals surface area contributed by atoms with Crippen LogP contribution in [0, 0.1) is 0 Å². The highest BCUT2D eigenvalue weighted by Crippen LogP contribution is 2.24. The molecule has 0 radical (unpaired) electrons. The van der Waals surface area contributed by atoms with Crippen LogP contribution in [0.25, 0.3) is 11.4 Å². The molecule has 0 unspecified atom stereocenters. The van der Waals surface area contributed by atoms with E-state index in [-0.39, 0.29) is 17.4 Å². The maximum Gasteiger partial charge on any atom is 0.250 e. The van der Waals surface area contributed by atoms with Gasteiger partial charge in [-0.05, 0) is 29.8 Å². The van der Waals surface area contributed by atoms with Gasteiger partial charge in [-0.1, -0.05) is 47.6 Å². The van der Waals surface area contributed by atoms with Gasteiger partial charge in [0.25, 0.3) is 5.91 Å². The minimum atomic E-state index is -0.274. The summed E-state index contributed by atoms with van der Waals surface area (Å²) in [7, 11) is 1.83. The number of rotatable bonds is 6. The zero-order valence-electron chi connectivity index (χ0n) is 14.3.